The minimum Gasteiger partial charge on any atom is -0.352 e. The SMILES string of the molecule is CC(C)NC(=O)CNC(=O)c1nc(-c2ccccn2)no1. The Hall–Kier alpha value is -2.77. The molecule has 8 nitrogen and oxygen atoms in total. The maximum atomic E-state index is 11.8. The number of carbonyl (C=O) groups excluding carboxylic acids is 2. The van der Waals surface area contributed by atoms with Crippen LogP contribution in [0.15, 0.2) is 28.9 Å². The second-order valence-electron chi connectivity index (χ2n) is 4.54. The summed E-state index contributed by atoms with van der Waals surface area (Å²) in [4.78, 5) is 31.2. The zero-order valence-corrected chi connectivity index (χ0v) is 11.7. The molecule has 0 aliphatic carbocycles. The molecule has 2 aromatic rings. The van der Waals surface area contributed by atoms with Gasteiger partial charge in [0.25, 0.3) is 0 Å². The van der Waals surface area contributed by atoms with Crippen LogP contribution >= 0.6 is 0 Å². The Morgan fingerprint density at radius 2 is 2.14 bits per heavy atom. The van der Waals surface area contributed by atoms with Crippen molar-refractivity contribution in [2.75, 3.05) is 6.54 Å². The normalized spacial score (nSPS) is 10.4. The van der Waals surface area contributed by atoms with Gasteiger partial charge in [0.05, 0.1) is 6.54 Å². The molecule has 8 heteroatoms. The first kappa shape index (κ1) is 14.6. The summed E-state index contributed by atoms with van der Waals surface area (Å²) in [6.45, 7) is 3.51. The first-order valence-corrected chi connectivity index (χ1v) is 6.39. The lowest BCUT2D eigenvalue weighted by Gasteiger charge is -2.07. The molecule has 0 aliphatic rings. The average Bonchev–Trinajstić information content (AvgIpc) is 2.95. The second-order valence-corrected chi connectivity index (χ2v) is 4.54. The quantitative estimate of drug-likeness (QED) is 0.823. The number of nitrogens with one attached hydrogen (secondary N) is 2. The van der Waals surface area contributed by atoms with Crippen LogP contribution in [-0.2, 0) is 4.79 Å². The van der Waals surface area contributed by atoms with Crippen molar-refractivity contribution in [2.24, 2.45) is 0 Å². The Labute approximate surface area is 121 Å². The fourth-order valence-electron chi connectivity index (χ4n) is 1.52. The lowest BCUT2D eigenvalue weighted by molar-refractivity contribution is -0.120. The van der Waals surface area contributed by atoms with E-state index in [1.54, 1.807) is 24.4 Å². The Balaban J connectivity index is 1.95. The van der Waals surface area contributed by atoms with Gasteiger partial charge < -0.3 is 15.2 Å². The highest BCUT2D eigenvalue weighted by molar-refractivity contribution is 5.92. The van der Waals surface area contributed by atoms with Crippen molar-refractivity contribution in [2.45, 2.75) is 19.9 Å². The summed E-state index contributed by atoms with van der Waals surface area (Å²) in [5.41, 5.74) is 0.498. The van der Waals surface area contributed by atoms with Gasteiger partial charge in [-0.15, -0.1) is 0 Å². The van der Waals surface area contributed by atoms with E-state index in [1.165, 1.54) is 0 Å². The number of rotatable bonds is 5. The monoisotopic (exact) mass is 289 g/mol. The van der Waals surface area contributed by atoms with Crippen molar-refractivity contribution >= 4 is 11.8 Å². The van der Waals surface area contributed by atoms with Crippen molar-refractivity contribution < 1.29 is 14.1 Å². The number of amides is 2. The Morgan fingerprint density at radius 3 is 2.81 bits per heavy atom. The van der Waals surface area contributed by atoms with Crippen molar-refractivity contribution in [3.63, 3.8) is 0 Å². The third kappa shape index (κ3) is 4.10. The maximum Gasteiger partial charge on any atom is 0.316 e. The summed E-state index contributed by atoms with van der Waals surface area (Å²) in [6, 6.07) is 5.23. The summed E-state index contributed by atoms with van der Waals surface area (Å²) < 4.78 is 4.85. The first-order chi connectivity index (χ1) is 10.1. The highest BCUT2D eigenvalue weighted by atomic mass is 16.5. The van der Waals surface area contributed by atoms with Crippen LogP contribution in [0, 0.1) is 0 Å². The minimum atomic E-state index is -0.608. The molecule has 2 heterocycles. The fourth-order valence-corrected chi connectivity index (χ4v) is 1.52. The minimum absolute atomic E-state index is 0.00793. The lowest BCUT2D eigenvalue weighted by atomic mass is 10.3. The summed E-state index contributed by atoms with van der Waals surface area (Å²) in [5, 5.41) is 8.72. The van der Waals surface area contributed by atoms with Crippen molar-refractivity contribution in [3.05, 3.63) is 30.3 Å². The van der Waals surface area contributed by atoms with Crippen molar-refractivity contribution in [1.82, 2.24) is 25.8 Å². The molecule has 0 radical (unpaired) electrons. The number of pyridine rings is 1. The van der Waals surface area contributed by atoms with Crippen LogP contribution in [0.3, 0.4) is 0 Å². The van der Waals surface area contributed by atoms with Gasteiger partial charge in [0.15, 0.2) is 0 Å². The molecule has 0 saturated carbocycles. The van der Waals surface area contributed by atoms with E-state index in [4.69, 9.17) is 4.52 Å². The summed E-state index contributed by atoms with van der Waals surface area (Å²) in [6.07, 6.45) is 1.59. The van der Waals surface area contributed by atoms with E-state index in [0.29, 0.717) is 5.69 Å². The van der Waals surface area contributed by atoms with E-state index >= 15 is 0 Å². The number of nitrogens with zero attached hydrogens (tertiary/aromatic N) is 3. The fraction of sp³-hybridized carbons (Fsp3) is 0.308. The average molecular weight is 289 g/mol. The van der Waals surface area contributed by atoms with E-state index in [2.05, 4.69) is 25.8 Å². The lowest BCUT2D eigenvalue weighted by Crippen LogP contribution is -2.39. The van der Waals surface area contributed by atoms with E-state index in [9.17, 15) is 9.59 Å². The zero-order chi connectivity index (χ0) is 15.2. The van der Waals surface area contributed by atoms with Gasteiger partial charge in [0.2, 0.25) is 11.7 Å². The molecule has 0 bridgehead atoms. The Bertz CT molecular complexity index is 624. The van der Waals surface area contributed by atoms with Crippen molar-refractivity contribution in [3.8, 4) is 11.5 Å². The number of hydrogen-bond acceptors (Lipinski definition) is 6. The van der Waals surface area contributed by atoms with Crippen molar-refractivity contribution in [1.29, 1.82) is 0 Å². The predicted octanol–water partition coefficient (Wildman–Crippen LogP) is 0.386. The molecule has 0 aliphatic heterocycles. The van der Waals surface area contributed by atoms with Crippen LogP contribution in [0.2, 0.25) is 0 Å². The van der Waals surface area contributed by atoms with E-state index < -0.39 is 5.91 Å². The van der Waals surface area contributed by atoms with Gasteiger partial charge in [0, 0.05) is 12.2 Å². The van der Waals surface area contributed by atoms with Crippen LogP contribution in [0.5, 0.6) is 0 Å². The third-order valence-electron chi connectivity index (χ3n) is 2.37. The second kappa shape index (κ2) is 6.60. The third-order valence-corrected chi connectivity index (χ3v) is 2.37. The molecule has 0 saturated heterocycles. The largest absolute Gasteiger partial charge is 0.352 e. The van der Waals surface area contributed by atoms with E-state index in [1.807, 2.05) is 13.8 Å². The van der Waals surface area contributed by atoms with E-state index in [-0.39, 0.29) is 30.2 Å². The standard InChI is InChI=1S/C13H15N5O3/c1-8(2)16-10(19)7-15-12(20)13-17-11(18-21-13)9-5-3-4-6-14-9/h3-6,8H,7H2,1-2H3,(H,15,20)(H,16,19). The molecule has 0 spiro atoms. The van der Waals surface area contributed by atoms with Gasteiger partial charge in [0.1, 0.15) is 5.69 Å². The summed E-state index contributed by atoms with van der Waals surface area (Å²) in [5.74, 6) is -0.896. The van der Waals surface area contributed by atoms with Crippen LogP contribution in [0.25, 0.3) is 11.5 Å². The number of aromatic nitrogens is 3. The molecular formula is C13H15N5O3. The van der Waals surface area contributed by atoms with Crippen LogP contribution in [0.4, 0.5) is 0 Å². The molecule has 2 aromatic heterocycles. The summed E-state index contributed by atoms with van der Waals surface area (Å²) in [7, 11) is 0. The molecule has 0 aromatic carbocycles. The molecule has 0 fully saturated rings. The molecule has 2 N–H and O–H groups in total. The molecule has 21 heavy (non-hydrogen) atoms. The predicted molar refractivity (Wildman–Crippen MR) is 73.1 cm³/mol. The highest BCUT2D eigenvalue weighted by Gasteiger charge is 2.17. The van der Waals surface area contributed by atoms with Gasteiger partial charge in [-0.25, -0.2) is 0 Å². The van der Waals surface area contributed by atoms with E-state index in [0.717, 1.165) is 0 Å². The molecule has 110 valence electrons. The first-order valence-electron chi connectivity index (χ1n) is 6.39. The topological polar surface area (TPSA) is 110 Å². The van der Waals surface area contributed by atoms with Gasteiger partial charge in [-0.05, 0) is 26.0 Å². The molecular weight excluding hydrogens is 274 g/mol. The number of hydrogen-bond donors (Lipinski definition) is 2. The molecule has 2 rings (SSSR count). The number of carbonyl (C=O) groups is 2. The Kier molecular flexibility index (Phi) is 4.60. The van der Waals surface area contributed by atoms with Gasteiger partial charge in [-0.2, -0.15) is 4.98 Å². The zero-order valence-electron chi connectivity index (χ0n) is 11.7. The Morgan fingerprint density at radius 1 is 1.33 bits per heavy atom. The van der Waals surface area contributed by atoms with Gasteiger partial charge >= 0.3 is 11.8 Å². The smallest absolute Gasteiger partial charge is 0.316 e. The molecule has 0 unspecified atom stereocenters. The summed E-state index contributed by atoms with van der Waals surface area (Å²) >= 11 is 0. The van der Waals surface area contributed by atoms with Gasteiger partial charge in [-0.3, -0.25) is 14.6 Å². The van der Waals surface area contributed by atoms with Crippen LogP contribution < -0.4 is 10.6 Å². The molecule has 2 amide bonds. The van der Waals surface area contributed by atoms with Crippen LogP contribution in [0.1, 0.15) is 24.5 Å². The van der Waals surface area contributed by atoms with Gasteiger partial charge in [-0.1, -0.05) is 11.2 Å². The van der Waals surface area contributed by atoms with Crippen LogP contribution in [-0.4, -0.2) is 39.5 Å². The maximum absolute atomic E-state index is 11.8. The molecule has 0 atom stereocenters. The highest BCUT2D eigenvalue weighted by Crippen LogP contribution is 2.11.